The number of phosphoric ester groups is 1. The molecule has 432 valence electrons. The molecule has 0 aliphatic heterocycles. The molecule has 0 radical (unpaired) electrons. The van der Waals surface area contributed by atoms with Crippen LogP contribution in [0, 0.1) is 0 Å². The highest BCUT2D eigenvalue weighted by Gasteiger charge is 2.28. The van der Waals surface area contributed by atoms with Crippen LogP contribution in [-0.4, -0.2) is 73.4 Å². The van der Waals surface area contributed by atoms with Gasteiger partial charge in [0.05, 0.1) is 39.9 Å². The van der Waals surface area contributed by atoms with Crippen LogP contribution in [0.15, 0.2) is 0 Å². The molecule has 0 aliphatic carbocycles. The Morgan fingerprint density at radius 1 is 0.417 bits per heavy atom. The lowest BCUT2D eigenvalue weighted by molar-refractivity contribution is -0.870. The van der Waals surface area contributed by atoms with E-state index in [0.717, 1.165) is 38.5 Å². The monoisotopic (exact) mass is 1040 g/mol. The smallest absolute Gasteiger partial charge is 0.391 e. The van der Waals surface area contributed by atoms with Gasteiger partial charge in [0.1, 0.15) is 13.2 Å². The number of nitrogens with zero attached hydrogens (tertiary/aromatic N) is 1. The lowest BCUT2D eigenvalue weighted by Crippen LogP contribution is -2.46. The Bertz CT molecular complexity index is 1140. The van der Waals surface area contributed by atoms with E-state index in [9.17, 15) is 19.4 Å². The predicted molar refractivity (Wildman–Crippen MR) is 314 cm³/mol. The summed E-state index contributed by atoms with van der Waals surface area (Å²) in [5.41, 5.74) is 0. The van der Waals surface area contributed by atoms with Gasteiger partial charge in [0.15, 0.2) is 0 Å². The predicted octanol–water partition coefficient (Wildman–Crippen LogP) is 20.0. The van der Waals surface area contributed by atoms with Gasteiger partial charge in [-0.05, 0) is 12.8 Å². The quantitative estimate of drug-likeness (QED) is 0.0318. The number of amides is 1. The molecule has 1 amide bonds. The molecule has 9 heteroatoms. The van der Waals surface area contributed by atoms with Crippen LogP contribution in [0.1, 0.15) is 348 Å². The highest BCUT2D eigenvalue weighted by molar-refractivity contribution is 7.47. The van der Waals surface area contributed by atoms with Crippen molar-refractivity contribution in [3.8, 4) is 0 Å². The molecule has 0 saturated carbocycles. The van der Waals surface area contributed by atoms with E-state index < -0.39 is 20.0 Å². The molecule has 0 bridgehead atoms. The molecule has 72 heavy (non-hydrogen) atoms. The lowest BCUT2D eigenvalue weighted by atomic mass is 10.0. The van der Waals surface area contributed by atoms with Crippen molar-refractivity contribution in [1.29, 1.82) is 0 Å². The fourth-order valence-electron chi connectivity index (χ4n) is 10.3. The first kappa shape index (κ1) is 71.5. The summed E-state index contributed by atoms with van der Waals surface area (Å²) in [7, 11) is 1.64. The van der Waals surface area contributed by atoms with Crippen LogP contribution in [0.5, 0.6) is 0 Å². The summed E-state index contributed by atoms with van der Waals surface area (Å²) < 4.78 is 23.8. The van der Waals surface area contributed by atoms with E-state index in [4.69, 9.17) is 9.05 Å². The van der Waals surface area contributed by atoms with E-state index in [1.807, 2.05) is 21.1 Å². The third kappa shape index (κ3) is 57.2. The third-order valence-electron chi connectivity index (χ3n) is 15.4. The molecule has 0 aromatic carbocycles. The number of carbonyl (C=O) groups excluding carboxylic acids is 1. The minimum atomic E-state index is -4.32. The van der Waals surface area contributed by atoms with Crippen LogP contribution in [0.4, 0.5) is 0 Å². The molecule has 0 saturated heterocycles. The largest absolute Gasteiger partial charge is 0.472 e. The van der Waals surface area contributed by atoms with Gasteiger partial charge in [0, 0.05) is 6.42 Å². The Morgan fingerprint density at radius 2 is 0.667 bits per heavy atom. The van der Waals surface area contributed by atoms with Crippen LogP contribution in [0.25, 0.3) is 0 Å². The molecule has 0 spiro atoms. The number of rotatable bonds is 61. The summed E-state index contributed by atoms with van der Waals surface area (Å²) in [6.07, 6.45) is 67.8. The first-order chi connectivity index (χ1) is 35.0. The Morgan fingerprint density at radius 3 is 0.931 bits per heavy atom. The number of likely N-dealkylation sites (N-methyl/N-ethyl adjacent to an activating group) is 1. The van der Waals surface area contributed by atoms with Gasteiger partial charge in [-0.1, -0.05) is 328 Å². The maximum Gasteiger partial charge on any atom is 0.472 e. The molecule has 0 fully saturated rings. The average molecular weight is 1040 g/mol. The normalized spacial score (nSPS) is 13.7. The van der Waals surface area contributed by atoms with Crippen LogP contribution < -0.4 is 5.32 Å². The molecular weight excluding hydrogens is 912 g/mol. The van der Waals surface area contributed by atoms with E-state index in [-0.39, 0.29) is 19.1 Å². The van der Waals surface area contributed by atoms with Gasteiger partial charge in [-0.15, -0.1) is 0 Å². The number of aliphatic hydroxyl groups is 1. The van der Waals surface area contributed by atoms with E-state index in [0.29, 0.717) is 23.9 Å². The molecule has 3 atom stereocenters. The van der Waals surface area contributed by atoms with Crippen molar-refractivity contribution in [2.75, 3.05) is 40.9 Å². The van der Waals surface area contributed by atoms with Gasteiger partial charge in [0.2, 0.25) is 5.91 Å². The minimum absolute atomic E-state index is 0.0790. The number of hydrogen-bond donors (Lipinski definition) is 3. The van der Waals surface area contributed by atoms with E-state index in [1.165, 1.54) is 283 Å². The van der Waals surface area contributed by atoms with Crippen molar-refractivity contribution in [1.82, 2.24) is 5.32 Å². The van der Waals surface area contributed by atoms with Crippen LogP contribution in [0.3, 0.4) is 0 Å². The van der Waals surface area contributed by atoms with Crippen molar-refractivity contribution in [3.63, 3.8) is 0 Å². The van der Waals surface area contributed by atoms with Crippen molar-refractivity contribution in [3.05, 3.63) is 0 Å². The first-order valence-electron chi connectivity index (χ1n) is 32.4. The van der Waals surface area contributed by atoms with Gasteiger partial charge >= 0.3 is 7.82 Å². The number of unbranched alkanes of at least 4 members (excludes halogenated alkanes) is 48. The highest BCUT2D eigenvalue weighted by Crippen LogP contribution is 2.43. The van der Waals surface area contributed by atoms with E-state index >= 15 is 0 Å². The van der Waals surface area contributed by atoms with Crippen LogP contribution in [0.2, 0.25) is 0 Å². The summed E-state index contributed by atoms with van der Waals surface area (Å²) in [6, 6.07) is -0.755. The zero-order valence-electron chi connectivity index (χ0n) is 49.5. The minimum Gasteiger partial charge on any atom is -0.391 e. The standard InChI is InChI=1S/C63H129N2O6P/c1-6-8-10-12-14-16-18-20-22-23-24-25-26-27-28-29-30-31-32-33-34-35-36-37-38-39-40-41-42-43-45-47-49-51-53-55-57-63(67)64-61(60-71-72(68,69)70-59-58-65(3,4)5)62(66)56-54-52-50-48-46-44-21-19-17-15-13-11-9-7-2/h61-62,66H,6-60H2,1-5H3,(H-,64,67,68,69)/p+1/t61-,62+/m0/s1. The Kier molecular flexibility index (Phi) is 54.9. The van der Waals surface area contributed by atoms with Crippen molar-refractivity contribution in [2.24, 2.45) is 0 Å². The van der Waals surface area contributed by atoms with Crippen molar-refractivity contribution < 1.29 is 32.9 Å². The molecule has 0 aliphatic rings. The molecule has 0 heterocycles. The number of nitrogens with one attached hydrogen (secondary N) is 1. The van der Waals surface area contributed by atoms with Crippen LogP contribution in [-0.2, 0) is 18.4 Å². The maximum absolute atomic E-state index is 13.0. The van der Waals surface area contributed by atoms with Gasteiger partial charge in [-0.25, -0.2) is 4.57 Å². The number of aliphatic hydroxyl groups excluding tert-OH is 1. The maximum atomic E-state index is 13.0. The number of quaternary nitrogens is 1. The lowest BCUT2D eigenvalue weighted by Gasteiger charge is -2.26. The zero-order chi connectivity index (χ0) is 52.7. The highest BCUT2D eigenvalue weighted by atomic mass is 31.2. The summed E-state index contributed by atoms with van der Waals surface area (Å²) in [5.74, 6) is -0.136. The van der Waals surface area contributed by atoms with E-state index in [2.05, 4.69) is 19.2 Å². The average Bonchev–Trinajstić information content (AvgIpc) is 3.34. The topological polar surface area (TPSA) is 105 Å². The molecule has 8 nitrogen and oxygen atoms in total. The van der Waals surface area contributed by atoms with Gasteiger partial charge in [-0.2, -0.15) is 0 Å². The first-order valence-corrected chi connectivity index (χ1v) is 33.9. The Balaban J connectivity index is 3.86. The second-order valence-corrected chi connectivity index (χ2v) is 25.3. The summed E-state index contributed by atoms with van der Waals surface area (Å²) in [4.78, 5) is 23.3. The van der Waals surface area contributed by atoms with Crippen molar-refractivity contribution >= 4 is 13.7 Å². The Hall–Kier alpha value is -0.500. The summed E-state index contributed by atoms with van der Waals surface area (Å²) in [5, 5.41) is 14.1. The van der Waals surface area contributed by atoms with E-state index in [1.54, 1.807) is 0 Å². The number of carbonyl (C=O) groups is 1. The molecule has 0 aromatic heterocycles. The van der Waals surface area contributed by atoms with Crippen LogP contribution >= 0.6 is 7.82 Å². The summed E-state index contributed by atoms with van der Waals surface area (Å²) >= 11 is 0. The summed E-state index contributed by atoms with van der Waals surface area (Å²) in [6.45, 7) is 4.94. The fraction of sp³-hybridized carbons (Fsp3) is 0.984. The third-order valence-corrected chi connectivity index (χ3v) is 16.3. The van der Waals surface area contributed by atoms with Gasteiger partial charge in [0.25, 0.3) is 0 Å². The van der Waals surface area contributed by atoms with Gasteiger partial charge in [-0.3, -0.25) is 13.8 Å². The molecule has 0 aromatic rings. The fourth-order valence-corrected chi connectivity index (χ4v) is 11.0. The molecule has 1 unspecified atom stereocenters. The SMILES string of the molecule is CCCCCCCCCCCCCCCCCCCCCCCCCCCCCCCCCCCCCCC(=O)N[C@@H](COP(=O)(O)OCC[N+](C)(C)C)[C@H](O)CCCCCCCCCCCCCCCC. The number of hydrogen-bond acceptors (Lipinski definition) is 5. The molecule has 3 N–H and O–H groups in total. The van der Waals surface area contributed by atoms with Gasteiger partial charge < -0.3 is 19.8 Å². The Labute approximate surface area is 450 Å². The zero-order valence-corrected chi connectivity index (χ0v) is 50.4. The number of phosphoric acid groups is 1. The second-order valence-electron chi connectivity index (χ2n) is 23.9. The van der Waals surface area contributed by atoms with Crippen molar-refractivity contribution in [2.45, 2.75) is 360 Å². The second kappa shape index (κ2) is 55.3. The molecular formula is C63H130N2O6P+. The molecule has 0 rings (SSSR count).